The van der Waals surface area contributed by atoms with Crippen LogP contribution in [0.2, 0.25) is 5.02 Å². The van der Waals surface area contributed by atoms with E-state index >= 15 is 0 Å². The number of hydrogen-bond acceptors (Lipinski definition) is 6. The van der Waals surface area contributed by atoms with Crippen molar-refractivity contribution in [3.05, 3.63) is 92.9 Å². The van der Waals surface area contributed by atoms with Crippen molar-refractivity contribution in [2.24, 2.45) is 5.10 Å². The summed E-state index contributed by atoms with van der Waals surface area (Å²) in [6.45, 7) is 2.12. The number of hydrogen-bond donors (Lipinski definition) is 2. The van der Waals surface area contributed by atoms with Crippen LogP contribution in [0, 0.1) is 0 Å². The second-order valence-corrected chi connectivity index (χ2v) is 8.36. The number of hydrazone groups is 1. The number of carbonyl (C=O) groups is 3. The number of amides is 2. The van der Waals surface area contributed by atoms with Gasteiger partial charge in [0, 0.05) is 20.6 Å². The van der Waals surface area contributed by atoms with Crippen molar-refractivity contribution in [2.45, 2.75) is 6.92 Å². The number of rotatable bonds is 9. The first kappa shape index (κ1) is 25.9. The highest BCUT2D eigenvalue weighted by Crippen LogP contribution is 2.23. The maximum absolute atomic E-state index is 12.4. The van der Waals surface area contributed by atoms with Gasteiger partial charge in [-0.1, -0.05) is 27.5 Å². The molecule has 10 heteroatoms. The Morgan fingerprint density at radius 1 is 1.00 bits per heavy atom. The zero-order chi connectivity index (χ0) is 25.2. The minimum Gasteiger partial charge on any atom is -0.494 e. The van der Waals surface area contributed by atoms with E-state index in [2.05, 4.69) is 31.8 Å². The smallest absolute Gasteiger partial charge is 0.343 e. The Morgan fingerprint density at radius 3 is 2.37 bits per heavy atom. The van der Waals surface area contributed by atoms with Gasteiger partial charge in [0.2, 0.25) is 0 Å². The molecule has 180 valence electrons. The van der Waals surface area contributed by atoms with Gasteiger partial charge in [0.15, 0.2) is 0 Å². The number of nitrogens with zero attached hydrogens (tertiary/aromatic N) is 1. The van der Waals surface area contributed by atoms with Gasteiger partial charge in [0.1, 0.15) is 11.5 Å². The molecular weight excluding hydrogens is 538 g/mol. The molecule has 0 fully saturated rings. The average molecular weight is 559 g/mol. The van der Waals surface area contributed by atoms with E-state index in [-0.39, 0.29) is 12.3 Å². The molecule has 0 atom stereocenters. The number of carbonyl (C=O) groups excluding carboxylic acids is 3. The molecule has 0 aliphatic rings. The van der Waals surface area contributed by atoms with E-state index < -0.39 is 17.8 Å². The first-order valence-corrected chi connectivity index (χ1v) is 11.6. The third-order valence-electron chi connectivity index (χ3n) is 4.48. The molecule has 0 heterocycles. The van der Waals surface area contributed by atoms with Crippen molar-refractivity contribution in [1.29, 1.82) is 0 Å². The summed E-state index contributed by atoms with van der Waals surface area (Å²) in [5, 5.41) is 6.92. The highest BCUT2D eigenvalue weighted by atomic mass is 79.9. The molecule has 3 rings (SSSR count). The molecule has 0 aromatic heterocycles. The van der Waals surface area contributed by atoms with Crippen LogP contribution in [0.1, 0.15) is 33.2 Å². The molecule has 0 saturated heterocycles. The molecule has 35 heavy (non-hydrogen) atoms. The van der Waals surface area contributed by atoms with Crippen LogP contribution in [-0.4, -0.2) is 37.1 Å². The van der Waals surface area contributed by atoms with Gasteiger partial charge in [0.25, 0.3) is 11.8 Å². The fraction of sp³-hybridized carbons (Fsp3) is 0.120. The maximum Gasteiger partial charge on any atom is 0.343 e. The van der Waals surface area contributed by atoms with Gasteiger partial charge >= 0.3 is 5.97 Å². The lowest BCUT2D eigenvalue weighted by Gasteiger charge is -2.08. The highest BCUT2D eigenvalue weighted by molar-refractivity contribution is 9.10. The van der Waals surface area contributed by atoms with Crippen molar-refractivity contribution in [3.8, 4) is 11.5 Å². The number of halogens is 2. The molecule has 0 spiro atoms. The van der Waals surface area contributed by atoms with Gasteiger partial charge < -0.3 is 14.8 Å². The van der Waals surface area contributed by atoms with Crippen LogP contribution < -0.4 is 20.2 Å². The third-order valence-corrected chi connectivity index (χ3v) is 5.23. The molecule has 2 amide bonds. The molecule has 3 aromatic rings. The van der Waals surface area contributed by atoms with Crippen LogP contribution in [0.25, 0.3) is 0 Å². The van der Waals surface area contributed by atoms with E-state index in [4.69, 9.17) is 21.1 Å². The molecular formula is C25H21BrClN3O5. The normalized spacial score (nSPS) is 10.6. The van der Waals surface area contributed by atoms with Gasteiger partial charge in [-0.25, -0.2) is 10.2 Å². The Labute approximate surface area is 215 Å². The summed E-state index contributed by atoms with van der Waals surface area (Å²) >= 11 is 9.20. The van der Waals surface area contributed by atoms with Crippen molar-refractivity contribution in [1.82, 2.24) is 10.7 Å². The summed E-state index contributed by atoms with van der Waals surface area (Å²) < 4.78 is 11.5. The lowest BCUT2D eigenvalue weighted by molar-refractivity contribution is -0.120. The summed E-state index contributed by atoms with van der Waals surface area (Å²) in [5.74, 6) is -0.609. The Hall–Kier alpha value is -3.69. The largest absolute Gasteiger partial charge is 0.494 e. The van der Waals surface area contributed by atoms with Crippen LogP contribution in [0.3, 0.4) is 0 Å². The minimum absolute atomic E-state index is 0.245. The topological polar surface area (TPSA) is 106 Å². The standard InChI is InChI=1S/C25H21BrClN3O5/c1-2-34-21-10-5-16(6-11-21)24(32)28-15-23(31)30-29-14-18-13-19(26)7-12-22(18)35-25(33)17-3-8-20(27)9-4-17/h3-14H,2,15H2,1H3,(H,28,32)(H,30,31). The zero-order valence-corrected chi connectivity index (χ0v) is 20.9. The number of nitrogens with one attached hydrogen (secondary N) is 2. The lowest BCUT2D eigenvalue weighted by Crippen LogP contribution is -2.34. The van der Waals surface area contributed by atoms with Crippen molar-refractivity contribution in [2.75, 3.05) is 13.2 Å². The number of esters is 1. The predicted molar refractivity (Wildman–Crippen MR) is 136 cm³/mol. The number of benzene rings is 3. The van der Waals surface area contributed by atoms with Gasteiger partial charge in [-0.3, -0.25) is 9.59 Å². The molecule has 0 radical (unpaired) electrons. The Morgan fingerprint density at radius 2 is 1.69 bits per heavy atom. The number of ether oxygens (including phenoxy) is 2. The molecule has 0 saturated carbocycles. The molecule has 3 aromatic carbocycles. The fourth-order valence-corrected chi connectivity index (χ4v) is 3.31. The summed E-state index contributed by atoms with van der Waals surface area (Å²) in [4.78, 5) is 36.7. The second kappa shape index (κ2) is 12.7. The third kappa shape index (κ3) is 7.94. The summed E-state index contributed by atoms with van der Waals surface area (Å²) in [6, 6.07) is 17.8. The first-order chi connectivity index (χ1) is 16.9. The van der Waals surface area contributed by atoms with Crippen molar-refractivity contribution < 1.29 is 23.9 Å². The van der Waals surface area contributed by atoms with Crippen LogP contribution in [0.4, 0.5) is 0 Å². The van der Waals surface area contributed by atoms with Gasteiger partial charge in [-0.15, -0.1) is 0 Å². The van der Waals surface area contributed by atoms with Crippen molar-refractivity contribution in [3.63, 3.8) is 0 Å². The molecule has 2 N–H and O–H groups in total. The second-order valence-electron chi connectivity index (χ2n) is 7.01. The van der Waals surface area contributed by atoms with Crippen LogP contribution >= 0.6 is 27.5 Å². The SMILES string of the molecule is CCOc1ccc(C(=O)NCC(=O)NN=Cc2cc(Br)ccc2OC(=O)c2ccc(Cl)cc2)cc1. The van der Waals surface area contributed by atoms with E-state index in [0.29, 0.717) is 34.1 Å². The highest BCUT2D eigenvalue weighted by Gasteiger charge is 2.12. The Kier molecular flexibility index (Phi) is 9.39. The van der Waals surface area contributed by atoms with E-state index in [1.54, 1.807) is 66.7 Å². The Bertz CT molecular complexity index is 1230. The van der Waals surface area contributed by atoms with E-state index in [1.165, 1.54) is 6.21 Å². The zero-order valence-electron chi connectivity index (χ0n) is 18.6. The Balaban J connectivity index is 1.55. The molecule has 0 unspecified atom stereocenters. The molecule has 0 bridgehead atoms. The fourth-order valence-electron chi connectivity index (χ4n) is 2.80. The molecule has 8 nitrogen and oxygen atoms in total. The van der Waals surface area contributed by atoms with Crippen LogP contribution in [0.5, 0.6) is 11.5 Å². The summed E-state index contributed by atoms with van der Waals surface area (Å²) in [5.41, 5.74) is 3.50. The van der Waals surface area contributed by atoms with Crippen LogP contribution in [-0.2, 0) is 4.79 Å². The van der Waals surface area contributed by atoms with Crippen molar-refractivity contribution >= 4 is 51.5 Å². The summed E-state index contributed by atoms with van der Waals surface area (Å²) in [7, 11) is 0. The quantitative estimate of drug-likeness (QED) is 0.173. The predicted octanol–water partition coefficient (Wildman–Crippen LogP) is 4.60. The van der Waals surface area contributed by atoms with E-state index in [1.807, 2.05) is 6.92 Å². The lowest BCUT2D eigenvalue weighted by atomic mass is 10.2. The van der Waals surface area contributed by atoms with Gasteiger partial charge in [-0.2, -0.15) is 5.10 Å². The molecule has 0 aliphatic carbocycles. The maximum atomic E-state index is 12.4. The van der Waals surface area contributed by atoms with Gasteiger partial charge in [-0.05, 0) is 73.7 Å². The first-order valence-electron chi connectivity index (χ1n) is 10.5. The van der Waals surface area contributed by atoms with Crippen LogP contribution in [0.15, 0.2) is 76.3 Å². The van der Waals surface area contributed by atoms with Gasteiger partial charge in [0.05, 0.1) is 24.9 Å². The monoisotopic (exact) mass is 557 g/mol. The van der Waals surface area contributed by atoms with E-state index in [9.17, 15) is 14.4 Å². The minimum atomic E-state index is -0.570. The summed E-state index contributed by atoms with van der Waals surface area (Å²) in [6.07, 6.45) is 1.33. The van der Waals surface area contributed by atoms with E-state index in [0.717, 1.165) is 4.47 Å². The molecule has 0 aliphatic heterocycles. The average Bonchev–Trinajstić information content (AvgIpc) is 2.85.